The van der Waals surface area contributed by atoms with Crippen molar-refractivity contribution in [3.8, 4) is 0 Å². The molecule has 5 nitrogen and oxygen atoms in total. The Morgan fingerprint density at radius 3 is 2.84 bits per heavy atom. The molecule has 0 unspecified atom stereocenters. The molecule has 2 aromatic heterocycles. The van der Waals surface area contributed by atoms with Crippen LogP contribution in [-0.4, -0.2) is 20.9 Å². The predicted octanol–water partition coefficient (Wildman–Crippen LogP) is 3.33. The van der Waals surface area contributed by atoms with Gasteiger partial charge in [-0.1, -0.05) is 18.7 Å². The fourth-order valence-electron chi connectivity index (χ4n) is 1.63. The number of aryl methyl sites for hydroxylation is 2. The summed E-state index contributed by atoms with van der Waals surface area (Å²) in [5.74, 6) is -0.431. The van der Waals surface area contributed by atoms with E-state index in [0.717, 1.165) is 22.3 Å². The highest BCUT2D eigenvalue weighted by Gasteiger charge is 2.14. The molecule has 0 spiro atoms. The highest BCUT2D eigenvalue weighted by atomic mass is 79.9. The molecule has 0 aliphatic carbocycles. The van der Waals surface area contributed by atoms with Crippen LogP contribution in [-0.2, 0) is 19.2 Å². The van der Waals surface area contributed by atoms with Gasteiger partial charge in [-0.05, 0) is 34.5 Å². The lowest BCUT2D eigenvalue weighted by atomic mass is 10.3. The van der Waals surface area contributed by atoms with Gasteiger partial charge in [0.1, 0.15) is 0 Å². The van der Waals surface area contributed by atoms with Crippen LogP contribution in [0.4, 0.5) is 0 Å². The summed E-state index contributed by atoms with van der Waals surface area (Å²) in [5.41, 5.74) is 2.07. The Morgan fingerprint density at radius 1 is 1.58 bits per heavy atom. The molecule has 1 N–H and O–H groups in total. The summed E-state index contributed by atoms with van der Waals surface area (Å²) in [6.45, 7) is 2.05. The van der Waals surface area contributed by atoms with Gasteiger partial charge in [0.2, 0.25) is 5.76 Å². The Balaban J connectivity index is 2.09. The number of hydrogen-bond donors (Lipinski definition) is 1. The number of carboxylic acid groups (broad SMARTS) is 1. The molecule has 0 radical (unpaired) electrons. The number of aromatic nitrogens is 2. The van der Waals surface area contributed by atoms with Crippen molar-refractivity contribution in [3.05, 3.63) is 33.8 Å². The summed E-state index contributed by atoms with van der Waals surface area (Å²) < 4.78 is 8.04. The molecule has 19 heavy (non-hydrogen) atoms. The van der Waals surface area contributed by atoms with E-state index in [-0.39, 0.29) is 5.76 Å². The third-order valence-corrected chi connectivity index (χ3v) is 4.48. The molecule has 2 aromatic rings. The number of rotatable bonds is 5. The first-order valence-electron chi connectivity index (χ1n) is 5.69. The number of nitrogens with zero attached hydrogens (tertiary/aromatic N) is 2. The number of halogens is 1. The minimum atomic E-state index is -1.05. The maximum Gasteiger partial charge on any atom is 0.371 e. The molecule has 7 heteroatoms. The SMILES string of the molecule is CCc1nn(C)c(CSc2ccc(C(=O)O)o2)c1Br. The van der Waals surface area contributed by atoms with E-state index in [1.54, 1.807) is 6.07 Å². The van der Waals surface area contributed by atoms with Crippen LogP contribution in [0.5, 0.6) is 0 Å². The average Bonchev–Trinajstić information content (AvgIpc) is 2.93. The van der Waals surface area contributed by atoms with Crippen molar-refractivity contribution in [2.75, 3.05) is 0 Å². The van der Waals surface area contributed by atoms with Crippen LogP contribution in [0, 0.1) is 0 Å². The number of carbonyl (C=O) groups is 1. The molecule has 102 valence electrons. The van der Waals surface area contributed by atoms with E-state index in [0.29, 0.717) is 10.8 Å². The summed E-state index contributed by atoms with van der Waals surface area (Å²) in [7, 11) is 1.89. The Labute approximate surface area is 123 Å². The van der Waals surface area contributed by atoms with Crippen molar-refractivity contribution in [3.63, 3.8) is 0 Å². The van der Waals surface area contributed by atoms with Crippen LogP contribution in [0.25, 0.3) is 0 Å². The fourth-order valence-corrected chi connectivity index (χ4v) is 3.49. The van der Waals surface area contributed by atoms with Gasteiger partial charge in [0.25, 0.3) is 0 Å². The van der Waals surface area contributed by atoms with Crippen LogP contribution in [0.3, 0.4) is 0 Å². The monoisotopic (exact) mass is 344 g/mol. The number of thioether (sulfide) groups is 1. The van der Waals surface area contributed by atoms with Crippen molar-refractivity contribution in [2.24, 2.45) is 7.05 Å². The number of aromatic carboxylic acids is 1. The molecule has 0 atom stereocenters. The van der Waals surface area contributed by atoms with E-state index >= 15 is 0 Å². The summed E-state index contributed by atoms with van der Waals surface area (Å²) in [5, 5.41) is 13.8. The van der Waals surface area contributed by atoms with E-state index in [1.807, 2.05) is 11.7 Å². The summed E-state index contributed by atoms with van der Waals surface area (Å²) in [4.78, 5) is 10.7. The molecular formula is C12H13BrN2O3S. The van der Waals surface area contributed by atoms with Crippen molar-refractivity contribution in [1.29, 1.82) is 0 Å². The molecule has 0 saturated carbocycles. The smallest absolute Gasteiger partial charge is 0.371 e. The van der Waals surface area contributed by atoms with Crippen LogP contribution in [0.2, 0.25) is 0 Å². The molecular weight excluding hydrogens is 332 g/mol. The van der Waals surface area contributed by atoms with E-state index in [1.165, 1.54) is 17.8 Å². The van der Waals surface area contributed by atoms with Crippen molar-refractivity contribution in [2.45, 2.75) is 24.2 Å². The highest BCUT2D eigenvalue weighted by molar-refractivity contribution is 9.10. The van der Waals surface area contributed by atoms with Gasteiger partial charge >= 0.3 is 5.97 Å². The quantitative estimate of drug-likeness (QED) is 0.842. The van der Waals surface area contributed by atoms with Crippen molar-refractivity contribution >= 4 is 33.7 Å². The summed E-state index contributed by atoms with van der Waals surface area (Å²) in [6, 6.07) is 3.12. The van der Waals surface area contributed by atoms with Crippen LogP contribution in [0.15, 0.2) is 26.1 Å². The predicted molar refractivity (Wildman–Crippen MR) is 75.5 cm³/mol. The van der Waals surface area contributed by atoms with Gasteiger partial charge in [0, 0.05) is 12.8 Å². The van der Waals surface area contributed by atoms with Gasteiger partial charge in [-0.3, -0.25) is 4.68 Å². The van der Waals surface area contributed by atoms with Crippen molar-refractivity contribution in [1.82, 2.24) is 9.78 Å². The van der Waals surface area contributed by atoms with Gasteiger partial charge in [0.15, 0.2) is 5.09 Å². The minimum Gasteiger partial charge on any atom is -0.475 e. The average molecular weight is 345 g/mol. The Bertz CT molecular complexity index is 606. The molecule has 2 rings (SSSR count). The second-order valence-corrected chi connectivity index (χ2v) is 5.67. The first-order chi connectivity index (χ1) is 9.02. The van der Waals surface area contributed by atoms with Crippen molar-refractivity contribution < 1.29 is 14.3 Å². The molecule has 0 aliphatic rings. The largest absolute Gasteiger partial charge is 0.475 e. The molecule has 0 bridgehead atoms. The number of hydrogen-bond acceptors (Lipinski definition) is 4. The lowest BCUT2D eigenvalue weighted by Gasteiger charge is -2.00. The Hall–Kier alpha value is -1.21. The molecule has 0 aromatic carbocycles. The highest BCUT2D eigenvalue weighted by Crippen LogP contribution is 2.30. The molecule has 0 saturated heterocycles. The Morgan fingerprint density at radius 2 is 2.32 bits per heavy atom. The fraction of sp³-hybridized carbons (Fsp3) is 0.333. The lowest BCUT2D eigenvalue weighted by Crippen LogP contribution is -1.96. The van der Waals surface area contributed by atoms with Gasteiger partial charge in [-0.2, -0.15) is 5.10 Å². The zero-order chi connectivity index (χ0) is 14.0. The van der Waals surface area contributed by atoms with E-state index in [9.17, 15) is 4.79 Å². The van der Waals surface area contributed by atoms with Gasteiger partial charge in [-0.25, -0.2) is 4.79 Å². The molecule has 0 fully saturated rings. The zero-order valence-corrected chi connectivity index (χ0v) is 12.9. The van der Waals surface area contributed by atoms with Crippen LogP contribution < -0.4 is 0 Å². The van der Waals surface area contributed by atoms with Gasteiger partial charge < -0.3 is 9.52 Å². The lowest BCUT2D eigenvalue weighted by molar-refractivity contribution is 0.0656. The zero-order valence-electron chi connectivity index (χ0n) is 10.5. The number of furan rings is 1. The van der Waals surface area contributed by atoms with Crippen LogP contribution >= 0.6 is 27.7 Å². The van der Waals surface area contributed by atoms with E-state index in [4.69, 9.17) is 9.52 Å². The standard InChI is InChI=1S/C12H13BrN2O3S/c1-3-7-11(13)8(15(2)14-7)6-19-10-5-4-9(18-10)12(16)17/h4-5H,3,6H2,1-2H3,(H,16,17). The third kappa shape index (κ3) is 3.03. The molecule has 2 heterocycles. The Kier molecular flexibility index (Phi) is 4.36. The summed E-state index contributed by atoms with van der Waals surface area (Å²) in [6.07, 6.45) is 0.864. The third-order valence-electron chi connectivity index (χ3n) is 2.65. The first kappa shape index (κ1) is 14.2. The second kappa shape index (κ2) is 5.83. The van der Waals surface area contributed by atoms with E-state index < -0.39 is 5.97 Å². The second-order valence-electron chi connectivity index (χ2n) is 3.90. The summed E-state index contributed by atoms with van der Waals surface area (Å²) >= 11 is 4.99. The molecule has 0 aliphatic heterocycles. The maximum absolute atomic E-state index is 10.7. The topological polar surface area (TPSA) is 68.3 Å². The van der Waals surface area contributed by atoms with Gasteiger partial charge in [-0.15, -0.1) is 0 Å². The first-order valence-corrected chi connectivity index (χ1v) is 7.47. The normalized spacial score (nSPS) is 10.9. The van der Waals surface area contributed by atoms with Crippen LogP contribution in [0.1, 0.15) is 28.9 Å². The van der Waals surface area contributed by atoms with E-state index in [2.05, 4.69) is 28.0 Å². The number of carboxylic acids is 1. The molecule has 0 amide bonds. The van der Waals surface area contributed by atoms with Gasteiger partial charge in [0.05, 0.1) is 15.9 Å². The maximum atomic E-state index is 10.7. The minimum absolute atomic E-state index is 0.0409.